The van der Waals surface area contributed by atoms with Crippen molar-refractivity contribution in [3.63, 3.8) is 0 Å². The SMILES string of the molecule is COc1ccc(C=CC=CC(=O)N2CCCN(C(=O)C=CC=Cc3ccc(OC)nc3OC)CC2)c(OC)n1. The number of allylic oxidation sites excluding steroid dienone is 4. The van der Waals surface area contributed by atoms with Gasteiger partial charge < -0.3 is 28.7 Å². The molecule has 2 amide bonds. The summed E-state index contributed by atoms with van der Waals surface area (Å²) in [6, 6.07) is 7.13. The lowest BCUT2D eigenvalue weighted by Crippen LogP contribution is -2.36. The third-order valence-electron chi connectivity index (χ3n) is 5.90. The first-order valence-corrected chi connectivity index (χ1v) is 12.4. The summed E-state index contributed by atoms with van der Waals surface area (Å²) in [6.45, 7) is 2.10. The Bertz CT molecular complexity index is 1160. The second kappa shape index (κ2) is 15.0. The summed E-state index contributed by atoms with van der Waals surface area (Å²) in [6.07, 6.45) is 14.2. The zero-order chi connectivity index (χ0) is 28.0. The van der Waals surface area contributed by atoms with Crippen molar-refractivity contribution in [1.82, 2.24) is 19.8 Å². The van der Waals surface area contributed by atoms with E-state index in [9.17, 15) is 9.59 Å². The smallest absolute Gasteiger partial charge is 0.246 e. The van der Waals surface area contributed by atoms with Gasteiger partial charge in [0.1, 0.15) is 0 Å². The standard InChI is InChI=1S/C29H34N4O6/c1-36-24-16-14-22(28(30-24)38-3)10-5-7-12-26(34)32-18-9-19-33(21-20-32)27(35)13-8-6-11-23-15-17-25(37-2)31-29(23)39-4/h5-8,10-17H,9,18-21H2,1-4H3. The number of hydrogen-bond donors (Lipinski definition) is 0. The van der Waals surface area contributed by atoms with Crippen molar-refractivity contribution >= 4 is 24.0 Å². The zero-order valence-electron chi connectivity index (χ0n) is 22.7. The average molecular weight is 535 g/mol. The molecule has 3 rings (SSSR count). The lowest BCUT2D eigenvalue weighted by molar-refractivity contribution is -0.128. The third-order valence-corrected chi connectivity index (χ3v) is 5.90. The van der Waals surface area contributed by atoms with Gasteiger partial charge in [-0.1, -0.05) is 24.3 Å². The van der Waals surface area contributed by atoms with Crippen LogP contribution in [0.1, 0.15) is 17.5 Å². The van der Waals surface area contributed by atoms with Crippen LogP contribution in [-0.2, 0) is 9.59 Å². The number of carbonyl (C=O) groups is 2. The van der Waals surface area contributed by atoms with Gasteiger partial charge in [0.15, 0.2) is 0 Å². The van der Waals surface area contributed by atoms with Crippen molar-refractivity contribution in [1.29, 1.82) is 0 Å². The van der Waals surface area contributed by atoms with Gasteiger partial charge in [-0.25, -0.2) is 0 Å². The van der Waals surface area contributed by atoms with Crippen LogP contribution in [0.25, 0.3) is 12.2 Å². The second-order valence-electron chi connectivity index (χ2n) is 8.34. The molecule has 10 heteroatoms. The van der Waals surface area contributed by atoms with Crippen LogP contribution in [0.5, 0.6) is 23.5 Å². The third kappa shape index (κ3) is 8.46. The van der Waals surface area contributed by atoms with E-state index >= 15 is 0 Å². The molecule has 3 heterocycles. The largest absolute Gasteiger partial charge is 0.481 e. The predicted octanol–water partition coefficient (Wildman–Crippen LogP) is 3.41. The highest BCUT2D eigenvalue weighted by Gasteiger charge is 2.19. The Morgan fingerprint density at radius 2 is 1.08 bits per heavy atom. The molecular weight excluding hydrogens is 500 g/mol. The van der Waals surface area contributed by atoms with Crippen molar-refractivity contribution in [3.8, 4) is 23.5 Å². The maximum Gasteiger partial charge on any atom is 0.246 e. The minimum absolute atomic E-state index is 0.103. The molecule has 0 aromatic carbocycles. The van der Waals surface area contributed by atoms with Gasteiger partial charge in [-0.15, -0.1) is 0 Å². The molecule has 1 aliphatic heterocycles. The number of hydrogen-bond acceptors (Lipinski definition) is 8. The Morgan fingerprint density at radius 3 is 1.46 bits per heavy atom. The van der Waals surface area contributed by atoms with Crippen LogP contribution in [0.2, 0.25) is 0 Å². The quantitative estimate of drug-likeness (QED) is 0.338. The number of ether oxygens (including phenoxy) is 4. The first-order chi connectivity index (χ1) is 19.0. The first-order valence-electron chi connectivity index (χ1n) is 12.4. The molecule has 2 aromatic rings. The Balaban J connectivity index is 1.50. The van der Waals surface area contributed by atoms with E-state index in [0.717, 1.165) is 11.1 Å². The Kier molecular flexibility index (Phi) is 11.1. The topological polar surface area (TPSA) is 103 Å². The fourth-order valence-corrected chi connectivity index (χ4v) is 3.84. The van der Waals surface area contributed by atoms with Gasteiger partial charge in [0, 0.05) is 61.6 Å². The summed E-state index contributed by atoms with van der Waals surface area (Å²) >= 11 is 0. The second-order valence-corrected chi connectivity index (χ2v) is 8.34. The van der Waals surface area contributed by atoms with E-state index < -0.39 is 0 Å². The summed E-state index contributed by atoms with van der Waals surface area (Å²) < 4.78 is 20.8. The summed E-state index contributed by atoms with van der Waals surface area (Å²) in [5.74, 6) is 1.59. The van der Waals surface area contributed by atoms with Gasteiger partial charge in [0.25, 0.3) is 0 Å². The molecule has 1 fully saturated rings. The van der Waals surface area contributed by atoms with Crippen molar-refractivity contribution in [2.45, 2.75) is 6.42 Å². The van der Waals surface area contributed by atoms with E-state index in [1.807, 2.05) is 12.1 Å². The zero-order valence-corrected chi connectivity index (χ0v) is 22.7. The van der Waals surface area contributed by atoms with Gasteiger partial charge in [-0.05, 0) is 30.7 Å². The minimum Gasteiger partial charge on any atom is -0.481 e. The molecule has 0 atom stereocenters. The maximum absolute atomic E-state index is 12.7. The summed E-state index contributed by atoms with van der Waals surface area (Å²) in [5.41, 5.74) is 1.53. The average Bonchev–Trinajstić information content (AvgIpc) is 3.24. The fraction of sp³-hybridized carbons (Fsp3) is 0.310. The maximum atomic E-state index is 12.7. The van der Waals surface area contributed by atoms with Crippen LogP contribution in [0.15, 0.2) is 60.7 Å². The number of amides is 2. The highest BCUT2D eigenvalue weighted by atomic mass is 16.5. The van der Waals surface area contributed by atoms with Crippen molar-refractivity contribution < 1.29 is 28.5 Å². The minimum atomic E-state index is -0.103. The first kappa shape index (κ1) is 29.0. The number of rotatable bonds is 10. The normalized spacial score (nSPS) is 14.4. The number of pyridine rings is 2. The van der Waals surface area contributed by atoms with Gasteiger partial charge in [0.05, 0.1) is 28.4 Å². The molecule has 0 spiro atoms. The molecule has 1 saturated heterocycles. The highest BCUT2D eigenvalue weighted by molar-refractivity contribution is 5.89. The van der Waals surface area contributed by atoms with Gasteiger partial charge in [-0.3, -0.25) is 9.59 Å². The number of carbonyl (C=O) groups excluding carboxylic acids is 2. The van der Waals surface area contributed by atoms with Gasteiger partial charge in [-0.2, -0.15) is 9.97 Å². The molecule has 1 aliphatic rings. The molecule has 0 saturated carbocycles. The number of nitrogens with zero attached hydrogens (tertiary/aromatic N) is 4. The van der Waals surface area contributed by atoms with Crippen LogP contribution in [0.4, 0.5) is 0 Å². The number of aromatic nitrogens is 2. The van der Waals surface area contributed by atoms with Crippen LogP contribution < -0.4 is 18.9 Å². The summed E-state index contributed by atoms with van der Waals surface area (Å²) in [5, 5.41) is 0. The van der Waals surface area contributed by atoms with Gasteiger partial charge in [0.2, 0.25) is 35.3 Å². The molecular formula is C29H34N4O6. The van der Waals surface area contributed by atoms with Crippen molar-refractivity contribution in [2.24, 2.45) is 0 Å². The van der Waals surface area contributed by atoms with E-state index in [1.54, 1.807) is 72.6 Å². The molecule has 0 radical (unpaired) electrons. The highest BCUT2D eigenvalue weighted by Crippen LogP contribution is 2.22. The molecule has 2 aromatic heterocycles. The molecule has 10 nitrogen and oxygen atoms in total. The Morgan fingerprint density at radius 1 is 0.641 bits per heavy atom. The van der Waals surface area contributed by atoms with E-state index in [1.165, 1.54) is 26.4 Å². The summed E-state index contributed by atoms with van der Waals surface area (Å²) in [7, 11) is 6.16. The Labute approximate surface area is 228 Å². The van der Waals surface area contributed by atoms with E-state index in [-0.39, 0.29) is 11.8 Å². The van der Waals surface area contributed by atoms with Crippen LogP contribution >= 0.6 is 0 Å². The number of methoxy groups -OCH3 is 4. The molecule has 0 unspecified atom stereocenters. The van der Waals surface area contributed by atoms with Gasteiger partial charge >= 0.3 is 0 Å². The lowest BCUT2D eigenvalue weighted by Gasteiger charge is -2.20. The summed E-state index contributed by atoms with van der Waals surface area (Å²) in [4.78, 5) is 37.3. The van der Waals surface area contributed by atoms with E-state index in [4.69, 9.17) is 18.9 Å². The van der Waals surface area contributed by atoms with Crippen molar-refractivity contribution in [2.75, 3.05) is 54.6 Å². The molecule has 0 aliphatic carbocycles. The monoisotopic (exact) mass is 534 g/mol. The van der Waals surface area contributed by atoms with Crippen LogP contribution in [0.3, 0.4) is 0 Å². The predicted molar refractivity (Wildman–Crippen MR) is 149 cm³/mol. The molecule has 0 bridgehead atoms. The lowest BCUT2D eigenvalue weighted by atomic mass is 10.2. The van der Waals surface area contributed by atoms with Crippen LogP contribution in [-0.4, -0.2) is 86.2 Å². The fourth-order valence-electron chi connectivity index (χ4n) is 3.84. The molecule has 0 N–H and O–H groups in total. The molecule has 206 valence electrons. The van der Waals surface area contributed by atoms with Crippen molar-refractivity contribution in [3.05, 3.63) is 71.8 Å². The van der Waals surface area contributed by atoms with Crippen LogP contribution in [0, 0.1) is 0 Å². The Hall–Kier alpha value is -4.60. The molecule has 39 heavy (non-hydrogen) atoms. The van der Waals surface area contributed by atoms with E-state index in [0.29, 0.717) is 56.1 Å². The van der Waals surface area contributed by atoms with E-state index in [2.05, 4.69) is 9.97 Å².